The largest absolute Gasteiger partial charge is 0.476 e. The fourth-order valence-corrected chi connectivity index (χ4v) is 3.38. The normalized spacial score (nSPS) is 10.7. The summed E-state index contributed by atoms with van der Waals surface area (Å²) >= 11 is 3.33. The quantitative estimate of drug-likeness (QED) is 0.730. The van der Waals surface area contributed by atoms with Crippen LogP contribution in [0.3, 0.4) is 0 Å². The van der Waals surface area contributed by atoms with Crippen LogP contribution in [0.4, 0.5) is 5.82 Å². The number of carbonyl (C=O) groups is 1. The fraction of sp³-hybridized carbons (Fsp3) is 0.143. The van der Waals surface area contributed by atoms with Crippen LogP contribution < -0.4 is 4.90 Å². The second-order valence-corrected chi connectivity index (χ2v) is 6.32. The molecule has 0 aliphatic carbocycles. The zero-order valence-electron chi connectivity index (χ0n) is 11.0. The predicted octanol–water partition coefficient (Wildman–Crippen LogP) is 3.44. The lowest BCUT2D eigenvalue weighted by Gasteiger charge is -2.21. The SMILES string of the molecule is O=C(O)c1cc(N(Cc2ccsc2)Cc2cccs2)[nH]n1. The van der Waals surface area contributed by atoms with Gasteiger partial charge in [0.2, 0.25) is 0 Å². The second kappa shape index (κ2) is 6.11. The number of nitrogens with zero attached hydrogens (tertiary/aromatic N) is 2. The smallest absolute Gasteiger partial charge is 0.356 e. The molecule has 21 heavy (non-hydrogen) atoms. The average Bonchev–Trinajstić information content (AvgIpc) is 3.21. The number of aromatic carboxylic acids is 1. The van der Waals surface area contributed by atoms with Crippen molar-refractivity contribution in [2.75, 3.05) is 4.90 Å². The topological polar surface area (TPSA) is 69.2 Å². The fourth-order valence-electron chi connectivity index (χ4n) is 2.00. The molecule has 0 atom stereocenters. The third kappa shape index (κ3) is 3.32. The maximum atomic E-state index is 11.0. The Balaban J connectivity index is 1.84. The summed E-state index contributed by atoms with van der Waals surface area (Å²) in [4.78, 5) is 14.3. The van der Waals surface area contributed by atoms with Crippen LogP contribution >= 0.6 is 22.7 Å². The minimum absolute atomic E-state index is 0.0338. The summed E-state index contributed by atoms with van der Waals surface area (Å²) in [6.07, 6.45) is 0. The molecule has 0 spiro atoms. The van der Waals surface area contributed by atoms with E-state index in [0.29, 0.717) is 12.4 Å². The highest BCUT2D eigenvalue weighted by molar-refractivity contribution is 7.09. The molecule has 3 aromatic heterocycles. The van der Waals surface area contributed by atoms with Crippen molar-refractivity contribution in [1.82, 2.24) is 10.2 Å². The third-order valence-corrected chi connectivity index (χ3v) is 4.60. The Hall–Kier alpha value is -2.12. The van der Waals surface area contributed by atoms with E-state index in [2.05, 4.69) is 32.6 Å². The Morgan fingerprint density at radius 1 is 1.33 bits per heavy atom. The van der Waals surface area contributed by atoms with Crippen LogP contribution in [0.15, 0.2) is 40.4 Å². The Labute approximate surface area is 129 Å². The summed E-state index contributed by atoms with van der Waals surface area (Å²) in [7, 11) is 0. The monoisotopic (exact) mass is 319 g/mol. The van der Waals surface area contributed by atoms with E-state index in [4.69, 9.17) is 5.11 Å². The van der Waals surface area contributed by atoms with Gasteiger partial charge in [0.25, 0.3) is 0 Å². The van der Waals surface area contributed by atoms with Crippen molar-refractivity contribution in [2.45, 2.75) is 13.1 Å². The van der Waals surface area contributed by atoms with Gasteiger partial charge in [0.1, 0.15) is 5.82 Å². The minimum atomic E-state index is -1.02. The van der Waals surface area contributed by atoms with Gasteiger partial charge in [-0.05, 0) is 33.8 Å². The van der Waals surface area contributed by atoms with Gasteiger partial charge in [-0.2, -0.15) is 16.4 Å². The van der Waals surface area contributed by atoms with Gasteiger partial charge >= 0.3 is 5.97 Å². The maximum absolute atomic E-state index is 11.0. The van der Waals surface area contributed by atoms with E-state index in [1.807, 2.05) is 16.8 Å². The summed E-state index contributed by atoms with van der Waals surface area (Å²) in [6, 6.07) is 7.72. The van der Waals surface area contributed by atoms with Gasteiger partial charge in [0.15, 0.2) is 5.69 Å². The Morgan fingerprint density at radius 2 is 2.24 bits per heavy atom. The summed E-state index contributed by atoms with van der Waals surface area (Å²) < 4.78 is 0. The summed E-state index contributed by atoms with van der Waals surface area (Å²) in [6.45, 7) is 1.43. The highest BCUT2D eigenvalue weighted by Crippen LogP contribution is 2.21. The molecule has 0 aliphatic heterocycles. The Morgan fingerprint density at radius 3 is 2.86 bits per heavy atom. The number of carboxylic acid groups (broad SMARTS) is 1. The molecule has 108 valence electrons. The predicted molar refractivity (Wildman–Crippen MR) is 84.1 cm³/mol. The number of aromatic nitrogens is 2. The van der Waals surface area contributed by atoms with Crippen LogP contribution in [0, 0.1) is 0 Å². The molecule has 7 heteroatoms. The number of rotatable bonds is 6. The molecule has 0 saturated heterocycles. The first-order valence-corrected chi connectivity index (χ1v) is 8.12. The highest BCUT2D eigenvalue weighted by Gasteiger charge is 2.15. The summed E-state index contributed by atoms with van der Waals surface area (Å²) in [5.74, 6) is -0.309. The molecule has 0 aromatic carbocycles. The van der Waals surface area contributed by atoms with Gasteiger partial charge < -0.3 is 10.0 Å². The van der Waals surface area contributed by atoms with E-state index in [1.165, 1.54) is 10.4 Å². The molecule has 0 bridgehead atoms. The maximum Gasteiger partial charge on any atom is 0.356 e. The first-order valence-electron chi connectivity index (χ1n) is 6.29. The molecule has 3 rings (SSSR count). The second-order valence-electron chi connectivity index (χ2n) is 4.51. The van der Waals surface area contributed by atoms with E-state index in [9.17, 15) is 4.79 Å². The van der Waals surface area contributed by atoms with Gasteiger partial charge in [-0.15, -0.1) is 11.3 Å². The van der Waals surface area contributed by atoms with Crippen molar-refractivity contribution in [3.63, 3.8) is 0 Å². The Kier molecular flexibility index (Phi) is 4.03. The van der Waals surface area contributed by atoms with E-state index < -0.39 is 5.97 Å². The molecule has 0 aliphatic rings. The van der Waals surface area contributed by atoms with Crippen molar-refractivity contribution in [2.24, 2.45) is 0 Å². The Bertz CT molecular complexity index is 668. The van der Waals surface area contributed by atoms with Crippen LogP contribution in [0.1, 0.15) is 20.9 Å². The summed E-state index contributed by atoms with van der Waals surface area (Å²) in [5.41, 5.74) is 1.23. The summed E-state index contributed by atoms with van der Waals surface area (Å²) in [5, 5.41) is 21.8. The van der Waals surface area contributed by atoms with Crippen LogP contribution in [0.5, 0.6) is 0 Å². The standard InChI is InChI=1S/C14H13N3O2S2/c18-14(19)12-6-13(16-15-12)17(7-10-3-5-20-9-10)8-11-2-1-4-21-11/h1-6,9H,7-8H2,(H,15,16)(H,18,19). The molecule has 0 saturated carbocycles. The number of nitrogens with one attached hydrogen (secondary N) is 1. The van der Waals surface area contributed by atoms with Gasteiger partial charge in [-0.3, -0.25) is 5.10 Å². The molecular formula is C14H13N3O2S2. The van der Waals surface area contributed by atoms with Gasteiger partial charge in [-0.1, -0.05) is 6.07 Å². The average molecular weight is 319 g/mol. The zero-order valence-corrected chi connectivity index (χ0v) is 12.7. The van der Waals surface area contributed by atoms with Crippen LogP contribution in [-0.4, -0.2) is 21.3 Å². The number of hydrogen-bond donors (Lipinski definition) is 2. The van der Waals surface area contributed by atoms with E-state index in [1.54, 1.807) is 28.7 Å². The molecule has 0 amide bonds. The lowest BCUT2D eigenvalue weighted by atomic mass is 10.3. The van der Waals surface area contributed by atoms with Crippen molar-refractivity contribution >= 4 is 34.5 Å². The number of carboxylic acids is 1. The van der Waals surface area contributed by atoms with Crippen molar-refractivity contribution < 1.29 is 9.90 Å². The van der Waals surface area contributed by atoms with E-state index >= 15 is 0 Å². The number of hydrogen-bond acceptors (Lipinski definition) is 5. The lowest BCUT2D eigenvalue weighted by molar-refractivity contribution is 0.0690. The number of thiophene rings is 2. The first kappa shape index (κ1) is 13.8. The first-order chi connectivity index (χ1) is 10.2. The van der Waals surface area contributed by atoms with Crippen LogP contribution in [0.2, 0.25) is 0 Å². The number of aromatic amines is 1. The number of anilines is 1. The highest BCUT2D eigenvalue weighted by atomic mass is 32.1. The van der Waals surface area contributed by atoms with Gasteiger partial charge in [0, 0.05) is 17.5 Å². The van der Waals surface area contributed by atoms with E-state index in [-0.39, 0.29) is 5.69 Å². The van der Waals surface area contributed by atoms with Crippen molar-refractivity contribution in [1.29, 1.82) is 0 Å². The molecule has 0 radical (unpaired) electrons. The molecule has 5 nitrogen and oxygen atoms in total. The van der Waals surface area contributed by atoms with Crippen molar-refractivity contribution in [3.05, 3.63) is 56.5 Å². The molecule has 3 heterocycles. The molecular weight excluding hydrogens is 306 g/mol. The third-order valence-electron chi connectivity index (χ3n) is 3.00. The number of H-pyrrole nitrogens is 1. The molecule has 0 fully saturated rings. The molecule has 2 N–H and O–H groups in total. The van der Waals surface area contributed by atoms with Crippen LogP contribution in [0.25, 0.3) is 0 Å². The van der Waals surface area contributed by atoms with Gasteiger partial charge in [0.05, 0.1) is 6.54 Å². The molecule has 3 aromatic rings. The van der Waals surface area contributed by atoms with Gasteiger partial charge in [-0.25, -0.2) is 4.79 Å². The van der Waals surface area contributed by atoms with Crippen LogP contribution in [-0.2, 0) is 13.1 Å². The van der Waals surface area contributed by atoms with E-state index in [0.717, 1.165) is 6.54 Å². The lowest BCUT2D eigenvalue weighted by Crippen LogP contribution is -2.21. The molecule has 0 unspecified atom stereocenters. The minimum Gasteiger partial charge on any atom is -0.476 e. The zero-order chi connectivity index (χ0) is 14.7. The van der Waals surface area contributed by atoms with Crippen molar-refractivity contribution in [3.8, 4) is 0 Å².